The molecule has 88 valence electrons. The van der Waals surface area contributed by atoms with Crippen LogP contribution >= 0.6 is 11.8 Å². The van der Waals surface area contributed by atoms with E-state index in [1.807, 2.05) is 12.3 Å². The number of rotatable bonds is 4. The third-order valence-corrected chi connectivity index (χ3v) is 2.68. The summed E-state index contributed by atoms with van der Waals surface area (Å²) in [5.74, 6) is -0.682. The van der Waals surface area contributed by atoms with E-state index in [-0.39, 0.29) is 5.70 Å². The molecule has 0 aromatic carbocycles. The molecule has 0 saturated heterocycles. The van der Waals surface area contributed by atoms with Crippen LogP contribution in [0.1, 0.15) is 5.56 Å². The van der Waals surface area contributed by atoms with Gasteiger partial charge in [0.05, 0.1) is 7.11 Å². The van der Waals surface area contributed by atoms with Crippen LogP contribution in [0.15, 0.2) is 34.2 Å². The summed E-state index contributed by atoms with van der Waals surface area (Å²) in [5.41, 5.74) is 8.98. The second-order valence-electron chi connectivity index (χ2n) is 2.83. The molecule has 0 N–H and O–H groups in total. The number of methoxy groups -OCH3 is 1. The zero-order valence-corrected chi connectivity index (χ0v) is 10.1. The molecule has 0 aliphatic heterocycles. The number of ether oxygens (including phenoxy) is 1. The Morgan fingerprint density at radius 1 is 1.71 bits per heavy atom. The van der Waals surface area contributed by atoms with Crippen LogP contribution in [0.2, 0.25) is 0 Å². The topological polar surface area (TPSA) is 88.0 Å². The molecule has 0 aliphatic carbocycles. The predicted octanol–water partition coefficient (Wildman–Crippen LogP) is 2.63. The average Bonchev–Trinajstić information content (AvgIpc) is 2.38. The van der Waals surface area contributed by atoms with Gasteiger partial charge in [-0.1, -0.05) is 5.11 Å². The van der Waals surface area contributed by atoms with Gasteiger partial charge >= 0.3 is 5.97 Å². The molecule has 0 bridgehead atoms. The van der Waals surface area contributed by atoms with Crippen molar-refractivity contribution in [2.24, 2.45) is 5.11 Å². The molecule has 1 aromatic rings. The Kier molecular flexibility index (Phi) is 5.06. The van der Waals surface area contributed by atoms with Crippen LogP contribution in [0.25, 0.3) is 16.5 Å². The monoisotopic (exact) mass is 250 g/mol. The SMILES string of the molecule is COC(=O)/C(=C/c1cnccc1SC)N=[N+]=[N-]. The number of aromatic nitrogens is 1. The van der Waals surface area contributed by atoms with Crippen molar-refractivity contribution in [2.75, 3.05) is 13.4 Å². The van der Waals surface area contributed by atoms with Crippen LogP contribution in [-0.4, -0.2) is 24.3 Å². The quantitative estimate of drug-likeness (QED) is 0.205. The highest BCUT2D eigenvalue weighted by Gasteiger charge is 2.08. The lowest BCUT2D eigenvalue weighted by Crippen LogP contribution is -2.02. The molecule has 0 radical (unpaired) electrons. The van der Waals surface area contributed by atoms with Crippen molar-refractivity contribution < 1.29 is 9.53 Å². The fourth-order valence-corrected chi connectivity index (χ4v) is 1.66. The summed E-state index contributed by atoms with van der Waals surface area (Å²) in [6, 6.07) is 1.81. The van der Waals surface area contributed by atoms with Gasteiger partial charge < -0.3 is 4.74 Å². The second-order valence-corrected chi connectivity index (χ2v) is 3.68. The number of hydrogen-bond donors (Lipinski definition) is 0. The van der Waals surface area contributed by atoms with E-state index < -0.39 is 5.97 Å². The zero-order chi connectivity index (χ0) is 12.7. The lowest BCUT2D eigenvalue weighted by atomic mass is 10.2. The number of azide groups is 1. The highest BCUT2D eigenvalue weighted by Crippen LogP contribution is 2.21. The zero-order valence-electron chi connectivity index (χ0n) is 9.32. The fourth-order valence-electron chi connectivity index (χ4n) is 1.12. The van der Waals surface area contributed by atoms with Gasteiger partial charge in [0.2, 0.25) is 0 Å². The Hall–Kier alpha value is -1.98. The molecule has 0 saturated carbocycles. The van der Waals surface area contributed by atoms with Gasteiger partial charge in [-0.05, 0) is 23.9 Å². The van der Waals surface area contributed by atoms with Crippen molar-refractivity contribution in [1.29, 1.82) is 0 Å². The number of nitrogens with zero attached hydrogens (tertiary/aromatic N) is 4. The summed E-state index contributed by atoms with van der Waals surface area (Å²) in [5, 5.41) is 3.30. The third-order valence-electron chi connectivity index (χ3n) is 1.87. The standard InChI is InChI=1S/C10H10N4O2S/c1-16-10(15)8(13-14-11)5-7-6-12-4-3-9(7)17-2/h3-6H,1-2H3/b8-5-. The van der Waals surface area contributed by atoms with E-state index in [0.29, 0.717) is 5.56 Å². The molecule has 6 nitrogen and oxygen atoms in total. The maximum Gasteiger partial charge on any atom is 0.340 e. The Bertz CT molecular complexity index is 495. The van der Waals surface area contributed by atoms with Gasteiger partial charge in [-0.25, -0.2) is 4.79 Å². The highest BCUT2D eigenvalue weighted by atomic mass is 32.2. The Morgan fingerprint density at radius 2 is 2.47 bits per heavy atom. The third kappa shape index (κ3) is 3.51. The van der Waals surface area contributed by atoms with E-state index in [0.717, 1.165) is 4.90 Å². The minimum Gasteiger partial charge on any atom is -0.466 e. The van der Waals surface area contributed by atoms with Crippen LogP contribution in [0.5, 0.6) is 0 Å². The molecule has 0 amide bonds. The first-order valence-corrected chi connectivity index (χ1v) is 5.78. The number of thioether (sulfide) groups is 1. The first-order valence-electron chi connectivity index (χ1n) is 4.56. The number of hydrogen-bond acceptors (Lipinski definition) is 5. The van der Waals surface area contributed by atoms with Crippen molar-refractivity contribution in [1.82, 2.24) is 4.98 Å². The Labute approximate surface area is 102 Å². The number of pyridine rings is 1. The van der Waals surface area contributed by atoms with Crippen LogP contribution in [-0.2, 0) is 9.53 Å². The van der Waals surface area contributed by atoms with E-state index in [1.54, 1.807) is 12.4 Å². The lowest BCUT2D eigenvalue weighted by Gasteiger charge is -2.02. The van der Waals surface area contributed by atoms with E-state index in [9.17, 15) is 4.79 Å². The molecule has 0 aliphatic rings. The summed E-state index contributed by atoms with van der Waals surface area (Å²) in [7, 11) is 1.22. The molecule has 0 atom stereocenters. The van der Waals surface area contributed by atoms with E-state index >= 15 is 0 Å². The van der Waals surface area contributed by atoms with Gasteiger partial charge in [0, 0.05) is 27.8 Å². The van der Waals surface area contributed by atoms with Crippen molar-refractivity contribution >= 4 is 23.8 Å². The van der Waals surface area contributed by atoms with E-state index in [2.05, 4.69) is 19.7 Å². The first kappa shape index (κ1) is 13.1. The van der Waals surface area contributed by atoms with Crippen LogP contribution in [0.4, 0.5) is 0 Å². The van der Waals surface area contributed by atoms with Gasteiger partial charge in [0.25, 0.3) is 0 Å². The van der Waals surface area contributed by atoms with Crippen molar-refractivity contribution in [3.8, 4) is 0 Å². The maximum atomic E-state index is 11.3. The summed E-state index contributed by atoms with van der Waals surface area (Å²) in [6.45, 7) is 0. The number of carbonyl (C=O) groups is 1. The Morgan fingerprint density at radius 3 is 3.06 bits per heavy atom. The summed E-state index contributed by atoms with van der Waals surface area (Å²) in [4.78, 5) is 18.8. The fraction of sp³-hybridized carbons (Fsp3) is 0.200. The van der Waals surface area contributed by atoms with Gasteiger partial charge in [-0.2, -0.15) is 0 Å². The normalized spacial score (nSPS) is 10.6. The minimum absolute atomic E-state index is 0.0988. The molecule has 1 aromatic heterocycles. The highest BCUT2D eigenvalue weighted by molar-refractivity contribution is 7.98. The van der Waals surface area contributed by atoms with Crippen LogP contribution in [0, 0.1) is 0 Å². The van der Waals surface area contributed by atoms with Crippen LogP contribution < -0.4 is 0 Å². The van der Waals surface area contributed by atoms with Crippen molar-refractivity contribution in [2.45, 2.75) is 4.90 Å². The summed E-state index contributed by atoms with van der Waals surface area (Å²) >= 11 is 1.50. The van der Waals surface area contributed by atoms with Gasteiger partial charge in [-0.15, -0.1) is 11.8 Å². The first-order chi connectivity index (χ1) is 8.22. The van der Waals surface area contributed by atoms with Gasteiger partial charge in [0.1, 0.15) is 5.70 Å². The van der Waals surface area contributed by atoms with E-state index in [1.165, 1.54) is 24.9 Å². The maximum absolute atomic E-state index is 11.3. The van der Waals surface area contributed by atoms with Gasteiger partial charge in [-0.3, -0.25) is 4.98 Å². The predicted molar refractivity (Wildman–Crippen MR) is 65.2 cm³/mol. The minimum atomic E-state index is -0.682. The molecule has 7 heteroatoms. The number of esters is 1. The summed E-state index contributed by atoms with van der Waals surface area (Å²) < 4.78 is 4.51. The van der Waals surface area contributed by atoms with Crippen LogP contribution in [0.3, 0.4) is 0 Å². The Balaban J connectivity index is 3.21. The largest absolute Gasteiger partial charge is 0.466 e. The molecule has 1 rings (SSSR count). The number of carbonyl (C=O) groups excluding carboxylic acids is 1. The molecular weight excluding hydrogens is 240 g/mol. The van der Waals surface area contributed by atoms with Crippen molar-refractivity contribution in [3.05, 3.63) is 40.2 Å². The second kappa shape index (κ2) is 6.57. The molecule has 0 spiro atoms. The smallest absolute Gasteiger partial charge is 0.340 e. The lowest BCUT2D eigenvalue weighted by molar-refractivity contribution is -0.136. The van der Waals surface area contributed by atoms with E-state index in [4.69, 9.17) is 5.53 Å². The molecule has 0 unspecified atom stereocenters. The van der Waals surface area contributed by atoms with Crippen molar-refractivity contribution in [3.63, 3.8) is 0 Å². The summed E-state index contributed by atoms with van der Waals surface area (Å²) in [6.07, 6.45) is 6.58. The van der Waals surface area contributed by atoms with Gasteiger partial charge in [0.15, 0.2) is 0 Å². The molecular formula is C10H10N4O2S. The molecule has 0 fully saturated rings. The average molecular weight is 250 g/mol. The molecule has 1 heterocycles. The molecule has 17 heavy (non-hydrogen) atoms.